The van der Waals surface area contributed by atoms with Crippen molar-refractivity contribution in [2.75, 3.05) is 14.2 Å². The molecule has 0 aliphatic heterocycles. The van der Waals surface area contributed by atoms with Gasteiger partial charge in [0.1, 0.15) is 5.75 Å². The molecule has 0 amide bonds. The van der Waals surface area contributed by atoms with E-state index in [0.29, 0.717) is 27.6 Å². The molecule has 0 saturated heterocycles. The zero-order valence-corrected chi connectivity index (χ0v) is 13.8. The molecule has 0 spiro atoms. The minimum absolute atomic E-state index is 0.200. The van der Waals surface area contributed by atoms with Crippen LogP contribution in [0.5, 0.6) is 5.75 Å². The summed E-state index contributed by atoms with van der Waals surface area (Å²) in [7, 11) is 2.89. The topological polar surface area (TPSA) is 68.4 Å². The van der Waals surface area contributed by atoms with Gasteiger partial charge in [-0.25, -0.2) is 4.79 Å². The Balaban J connectivity index is 2.30. The van der Waals surface area contributed by atoms with Crippen molar-refractivity contribution in [3.8, 4) is 5.75 Å². The van der Waals surface area contributed by atoms with Crippen LogP contribution in [0.25, 0.3) is 32.6 Å². The van der Waals surface area contributed by atoms with Gasteiger partial charge in [-0.15, -0.1) is 0 Å². The van der Waals surface area contributed by atoms with E-state index in [1.807, 2.05) is 30.3 Å². The maximum atomic E-state index is 13.1. The number of carbonyl (C=O) groups is 1. The van der Waals surface area contributed by atoms with Crippen LogP contribution in [0.2, 0.25) is 0 Å². The quantitative estimate of drug-likeness (QED) is 0.345. The summed E-state index contributed by atoms with van der Waals surface area (Å²) in [5, 5.41) is 2.48. The smallest absolute Gasteiger partial charge is 0.338 e. The molecule has 0 aliphatic carbocycles. The molecule has 4 rings (SSSR count). The van der Waals surface area contributed by atoms with E-state index in [0.717, 1.165) is 10.8 Å². The van der Waals surface area contributed by atoms with E-state index >= 15 is 0 Å². The second-order valence-corrected chi connectivity index (χ2v) is 5.75. The Bertz CT molecular complexity index is 1210. The summed E-state index contributed by atoms with van der Waals surface area (Å²) < 4.78 is 10.2. The fourth-order valence-corrected chi connectivity index (χ4v) is 3.20. The number of H-pyrrole nitrogens is 1. The van der Waals surface area contributed by atoms with Crippen molar-refractivity contribution >= 4 is 38.5 Å². The zero-order chi connectivity index (χ0) is 17.6. The van der Waals surface area contributed by atoms with Gasteiger partial charge >= 0.3 is 5.97 Å². The summed E-state index contributed by atoms with van der Waals surface area (Å²) in [5.74, 6) is 0.136. The summed E-state index contributed by atoms with van der Waals surface area (Å²) in [6.45, 7) is 0. The molecule has 1 aromatic heterocycles. The Kier molecular flexibility index (Phi) is 3.42. The van der Waals surface area contributed by atoms with Crippen LogP contribution in [0, 0.1) is 0 Å². The predicted molar refractivity (Wildman–Crippen MR) is 97.5 cm³/mol. The van der Waals surface area contributed by atoms with Crippen molar-refractivity contribution in [3.05, 3.63) is 64.3 Å². The van der Waals surface area contributed by atoms with E-state index in [1.54, 1.807) is 25.3 Å². The van der Waals surface area contributed by atoms with Gasteiger partial charge in [0.2, 0.25) is 0 Å². The standard InChI is InChI=1S/C20H15NO4/c1-24-12-8-7-11-9-15(20(23)25-2)17-18(14(11)10-12)21-16-6-4-3-5-13(16)19(17)22/h3-10H,1-2H3,(H,21,22). The fraction of sp³-hybridized carbons (Fsp3) is 0.100. The molecular formula is C20H15NO4. The van der Waals surface area contributed by atoms with Crippen molar-refractivity contribution < 1.29 is 14.3 Å². The van der Waals surface area contributed by atoms with Crippen LogP contribution >= 0.6 is 0 Å². The molecule has 5 nitrogen and oxygen atoms in total. The van der Waals surface area contributed by atoms with E-state index in [1.165, 1.54) is 7.11 Å². The number of esters is 1. The van der Waals surface area contributed by atoms with Crippen LogP contribution in [0.4, 0.5) is 0 Å². The number of rotatable bonds is 2. The molecule has 0 unspecified atom stereocenters. The van der Waals surface area contributed by atoms with Crippen LogP contribution in [-0.4, -0.2) is 25.2 Å². The highest BCUT2D eigenvalue weighted by atomic mass is 16.5. The molecule has 124 valence electrons. The molecule has 1 N–H and O–H groups in total. The number of hydrogen-bond acceptors (Lipinski definition) is 4. The monoisotopic (exact) mass is 333 g/mol. The average molecular weight is 333 g/mol. The van der Waals surface area contributed by atoms with Crippen LogP contribution < -0.4 is 10.2 Å². The Morgan fingerprint density at radius 1 is 1.00 bits per heavy atom. The molecular weight excluding hydrogens is 318 g/mol. The number of benzene rings is 3. The van der Waals surface area contributed by atoms with Gasteiger partial charge < -0.3 is 14.5 Å². The summed E-state index contributed by atoms with van der Waals surface area (Å²) in [6.07, 6.45) is 0. The molecule has 0 bridgehead atoms. The third-order valence-corrected chi connectivity index (χ3v) is 4.41. The molecule has 0 radical (unpaired) electrons. The Morgan fingerprint density at radius 3 is 2.56 bits per heavy atom. The van der Waals surface area contributed by atoms with Crippen LogP contribution in [0.15, 0.2) is 53.3 Å². The Labute approximate surface area is 142 Å². The normalized spacial score (nSPS) is 11.1. The third-order valence-electron chi connectivity index (χ3n) is 4.41. The minimum atomic E-state index is -0.538. The van der Waals surface area contributed by atoms with Gasteiger partial charge in [0, 0.05) is 16.3 Å². The first-order valence-corrected chi connectivity index (χ1v) is 7.78. The van der Waals surface area contributed by atoms with Gasteiger partial charge in [-0.05, 0) is 35.7 Å². The number of para-hydroxylation sites is 1. The number of ether oxygens (including phenoxy) is 2. The predicted octanol–water partition coefficient (Wildman–Crippen LogP) is 3.63. The first kappa shape index (κ1) is 15.2. The number of carbonyl (C=O) groups excluding carboxylic acids is 1. The molecule has 0 atom stereocenters. The Morgan fingerprint density at radius 2 is 1.80 bits per heavy atom. The molecule has 4 aromatic rings. The molecule has 1 heterocycles. The number of nitrogens with one attached hydrogen (secondary N) is 1. The maximum Gasteiger partial charge on any atom is 0.338 e. The minimum Gasteiger partial charge on any atom is -0.497 e. The molecule has 3 aromatic carbocycles. The lowest BCUT2D eigenvalue weighted by Crippen LogP contribution is -2.12. The second-order valence-electron chi connectivity index (χ2n) is 5.75. The molecule has 0 aliphatic rings. The SMILES string of the molecule is COC(=O)c1cc2ccc(OC)cc2c2[nH]c3ccccc3c(=O)c12. The highest BCUT2D eigenvalue weighted by molar-refractivity contribution is 6.16. The number of hydrogen-bond donors (Lipinski definition) is 1. The fourth-order valence-electron chi connectivity index (χ4n) is 3.20. The van der Waals surface area contributed by atoms with Gasteiger partial charge in [0.15, 0.2) is 5.43 Å². The van der Waals surface area contributed by atoms with Gasteiger partial charge in [-0.1, -0.05) is 18.2 Å². The summed E-state index contributed by atoms with van der Waals surface area (Å²) in [6, 6.07) is 14.4. The van der Waals surface area contributed by atoms with E-state index in [4.69, 9.17) is 9.47 Å². The number of pyridine rings is 1. The number of aromatic nitrogens is 1. The number of methoxy groups -OCH3 is 2. The van der Waals surface area contributed by atoms with Crippen LogP contribution in [0.3, 0.4) is 0 Å². The van der Waals surface area contributed by atoms with Crippen molar-refractivity contribution in [2.24, 2.45) is 0 Å². The number of aromatic amines is 1. The van der Waals surface area contributed by atoms with Crippen molar-refractivity contribution in [3.63, 3.8) is 0 Å². The number of fused-ring (bicyclic) bond motifs is 4. The van der Waals surface area contributed by atoms with Crippen molar-refractivity contribution in [1.29, 1.82) is 0 Å². The third kappa shape index (κ3) is 2.24. The zero-order valence-electron chi connectivity index (χ0n) is 13.8. The van der Waals surface area contributed by atoms with Gasteiger partial charge in [-0.3, -0.25) is 4.79 Å². The van der Waals surface area contributed by atoms with Crippen molar-refractivity contribution in [1.82, 2.24) is 4.98 Å². The first-order chi connectivity index (χ1) is 12.1. The van der Waals surface area contributed by atoms with E-state index < -0.39 is 5.97 Å². The van der Waals surface area contributed by atoms with Crippen molar-refractivity contribution in [2.45, 2.75) is 0 Å². The van der Waals surface area contributed by atoms with Crippen LogP contribution in [0.1, 0.15) is 10.4 Å². The van der Waals surface area contributed by atoms with Crippen LogP contribution in [-0.2, 0) is 4.74 Å². The van der Waals surface area contributed by atoms with E-state index in [2.05, 4.69) is 4.98 Å². The summed E-state index contributed by atoms with van der Waals surface area (Å²) in [4.78, 5) is 28.7. The lowest BCUT2D eigenvalue weighted by atomic mass is 9.98. The molecule has 25 heavy (non-hydrogen) atoms. The summed E-state index contributed by atoms with van der Waals surface area (Å²) >= 11 is 0. The molecule has 0 saturated carbocycles. The lowest BCUT2D eigenvalue weighted by Gasteiger charge is -2.11. The van der Waals surface area contributed by atoms with Gasteiger partial charge in [-0.2, -0.15) is 0 Å². The van der Waals surface area contributed by atoms with Gasteiger partial charge in [0.25, 0.3) is 0 Å². The first-order valence-electron chi connectivity index (χ1n) is 7.78. The Hall–Kier alpha value is -3.34. The maximum absolute atomic E-state index is 13.1. The average Bonchev–Trinajstić information content (AvgIpc) is 2.66. The van der Waals surface area contributed by atoms with E-state index in [9.17, 15) is 9.59 Å². The lowest BCUT2D eigenvalue weighted by molar-refractivity contribution is 0.0603. The largest absolute Gasteiger partial charge is 0.497 e. The molecule has 0 fully saturated rings. The molecule has 5 heteroatoms. The van der Waals surface area contributed by atoms with E-state index in [-0.39, 0.29) is 11.0 Å². The van der Waals surface area contributed by atoms with Gasteiger partial charge in [0.05, 0.1) is 30.7 Å². The summed E-state index contributed by atoms with van der Waals surface area (Å²) in [5.41, 5.74) is 1.36. The second kappa shape index (κ2) is 5.63. The highest BCUT2D eigenvalue weighted by Gasteiger charge is 2.18. The highest BCUT2D eigenvalue weighted by Crippen LogP contribution is 2.30.